The number of hydrogen-bond acceptors (Lipinski definition) is 5. The molecule has 0 aliphatic rings. The fraction of sp³-hybridized carbons (Fsp3) is 0.267. The van der Waals surface area contributed by atoms with Gasteiger partial charge < -0.3 is 14.2 Å². The van der Waals surface area contributed by atoms with Crippen LogP contribution in [0.2, 0.25) is 0 Å². The summed E-state index contributed by atoms with van der Waals surface area (Å²) in [6, 6.07) is 7.49. The minimum Gasteiger partial charge on any atom is -0.493 e. The molecule has 0 radical (unpaired) electrons. The lowest BCUT2D eigenvalue weighted by molar-refractivity contribution is 0.102. The third-order valence-electron chi connectivity index (χ3n) is 2.90. The molecule has 0 fully saturated rings. The smallest absolute Gasteiger partial charge is 0.203 e. The van der Waals surface area contributed by atoms with Gasteiger partial charge >= 0.3 is 0 Å². The second-order valence-electron chi connectivity index (χ2n) is 4.13. The molecule has 4 nitrogen and oxygen atoms in total. The highest BCUT2D eigenvalue weighted by Gasteiger charge is 2.15. The minimum absolute atomic E-state index is 0.0636. The zero-order chi connectivity index (χ0) is 14.7. The number of methoxy groups -OCH3 is 3. The summed E-state index contributed by atoms with van der Waals surface area (Å²) in [7, 11) is 4.73. The van der Waals surface area contributed by atoms with Crippen LogP contribution in [0.3, 0.4) is 0 Å². The molecule has 0 saturated heterocycles. The van der Waals surface area contributed by atoms with Gasteiger partial charge in [-0.15, -0.1) is 11.3 Å². The van der Waals surface area contributed by atoms with E-state index in [0.717, 1.165) is 15.3 Å². The average Bonchev–Trinajstić information content (AvgIpc) is 2.95. The third kappa shape index (κ3) is 2.63. The lowest BCUT2D eigenvalue weighted by Gasteiger charge is -2.13. The molecule has 0 spiro atoms. The molecular weight excluding hydrogens is 276 g/mol. The normalized spacial score (nSPS) is 10.2. The van der Waals surface area contributed by atoms with Gasteiger partial charge in [0.1, 0.15) is 0 Å². The SMILES string of the molecule is COc1cc(-c2ccc(C(C)=O)s2)cc(OC)c1OC. The van der Waals surface area contributed by atoms with Crippen LogP contribution >= 0.6 is 11.3 Å². The zero-order valence-electron chi connectivity index (χ0n) is 11.9. The van der Waals surface area contributed by atoms with Crippen LogP contribution in [-0.4, -0.2) is 27.1 Å². The number of benzene rings is 1. The molecule has 5 heteroatoms. The Bertz CT molecular complexity index is 606. The van der Waals surface area contributed by atoms with E-state index in [0.29, 0.717) is 17.2 Å². The molecule has 0 atom stereocenters. The van der Waals surface area contributed by atoms with Gasteiger partial charge in [-0.1, -0.05) is 0 Å². The standard InChI is InChI=1S/C15H16O4S/c1-9(16)13-5-6-14(20-13)10-7-11(17-2)15(19-4)12(8-10)18-3/h5-8H,1-4H3. The van der Waals surface area contributed by atoms with Gasteiger partial charge in [0.25, 0.3) is 0 Å². The summed E-state index contributed by atoms with van der Waals surface area (Å²) in [6.07, 6.45) is 0. The number of carbonyl (C=O) groups is 1. The number of hydrogen-bond donors (Lipinski definition) is 0. The minimum atomic E-state index is 0.0636. The predicted octanol–water partition coefficient (Wildman–Crippen LogP) is 3.64. The Hall–Kier alpha value is -2.01. The number of ketones is 1. The fourth-order valence-corrected chi connectivity index (χ4v) is 2.79. The highest BCUT2D eigenvalue weighted by Crippen LogP contribution is 2.42. The topological polar surface area (TPSA) is 44.8 Å². The molecule has 0 amide bonds. The van der Waals surface area contributed by atoms with Crippen LogP contribution in [0.5, 0.6) is 17.2 Å². The average molecular weight is 292 g/mol. The van der Waals surface area contributed by atoms with Crippen molar-refractivity contribution in [3.63, 3.8) is 0 Å². The second kappa shape index (κ2) is 5.96. The van der Waals surface area contributed by atoms with E-state index in [4.69, 9.17) is 14.2 Å². The van der Waals surface area contributed by atoms with Crippen molar-refractivity contribution in [2.24, 2.45) is 0 Å². The lowest BCUT2D eigenvalue weighted by Crippen LogP contribution is -1.95. The van der Waals surface area contributed by atoms with Crippen LogP contribution < -0.4 is 14.2 Å². The molecule has 1 heterocycles. The van der Waals surface area contributed by atoms with Gasteiger partial charge in [-0.2, -0.15) is 0 Å². The quantitative estimate of drug-likeness (QED) is 0.789. The molecule has 1 aromatic carbocycles. The molecule has 106 valence electrons. The largest absolute Gasteiger partial charge is 0.493 e. The first-order valence-electron chi connectivity index (χ1n) is 6.01. The van der Waals surface area contributed by atoms with Crippen LogP contribution in [0.25, 0.3) is 10.4 Å². The van der Waals surface area contributed by atoms with Gasteiger partial charge in [0, 0.05) is 4.88 Å². The highest BCUT2D eigenvalue weighted by molar-refractivity contribution is 7.17. The Morgan fingerprint density at radius 3 is 2.00 bits per heavy atom. The van der Waals surface area contributed by atoms with Crippen LogP contribution in [-0.2, 0) is 0 Å². The van der Waals surface area contributed by atoms with E-state index >= 15 is 0 Å². The van der Waals surface area contributed by atoms with Crippen molar-refractivity contribution in [2.75, 3.05) is 21.3 Å². The summed E-state index contributed by atoms with van der Waals surface area (Å²) in [5.74, 6) is 1.81. The first kappa shape index (κ1) is 14.4. The maximum atomic E-state index is 11.4. The summed E-state index contributed by atoms with van der Waals surface area (Å²) in [4.78, 5) is 13.1. The number of carbonyl (C=O) groups excluding carboxylic acids is 1. The molecule has 2 rings (SSSR count). The van der Waals surface area contributed by atoms with Crippen LogP contribution in [0.4, 0.5) is 0 Å². The van der Waals surface area contributed by atoms with Crippen molar-refractivity contribution >= 4 is 17.1 Å². The van der Waals surface area contributed by atoms with E-state index in [9.17, 15) is 4.79 Å². The summed E-state index contributed by atoms with van der Waals surface area (Å²) in [5.41, 5.74) is 0.928. The van der Waals surface area contributed by atoms with Gasteiger partial charge in [0.15, 0.2) is 17.3 Å². The summed E-state index contributed by atoms with van der Waals surface area (Å²) >= 11 is 1.44. The number of thiophene rings is 1. The van der Waals surface area contributed by atoms with Crippen molar-refractivity contribution < 1.29 is 19.0 Å². The first-order chi connectivity index (χ1) is 9.60. The first-order valence-corrected chi connectivity index (χ1v) is 6.83. The molecule has 0 aliphatic heterocycles. The van der Waals surface area contributed by atoms with E-state index in [1.165, 1.54) is 11.3 Å². The Morgan fingerprint density at radius 2 is 1.60 bits per heavy atom. The molecule has 0 saturated carbocycles. The fourth-order valence-electron chi connectivity index (χ4n) is 1.91. The van der Waals surface area contributed by atoms with Crippen molar-refractivity contribution in [3.8, 4) is 27.7 Å². The van der Waals surface area contributed by atoms with E-state index in [-0.39, 0.29) is 5.78 Å². The molecule has 1 aromatic heterocycles. The van der Waals surface area contributed by atoms with Crippen molar-refractivity contribution in [1.82, 2.24) is 0 Å². The Balaban J connectivity index is 2.53. The maximum Gasteiger partial charge on any atom is 0.203 e. The Kier molecular flexibility index (Phi) is 4.29. The third-order valence-corrected chi connectivity index (χ3v) is 4.14. The number of Topliss-reactive ketones (excluding diaryl/α,β-unsaturated/α-hetero) is 1. The molecule has 0 bridgehead atoms. The van der Waals surface area contributed by atoms with Gasteiger partial charge in [0.05, 0.1) is 26.2 Å². The Labute approximate surface area is 121 Å². The van der Waals surface area contributed by atoms with Crippen LogP contribution in [0, 0.1) is 0 Å². The summed E-state index contributed by atoms with van der Waals surface area (Å²) in [6.45, 7) is 1.56. The predicted molar refractivity (Wildman–Crippen MR) is 79.4 cm³/mol. The number of rotatable bonds is 5. The van der Waals surface area contributed by atoms with E-state index < -0.39 is 0 Å². The van der Waals surface area contributed by atoms with Crippen LogP contribution in [0.1, 0.15) is 16.6 Å². The van der Waals surface area contributed by atoms with Gasteiger partial charge in [-0.05, 0) is 36.8 Å². The van der Waals surface area contributed by atoms with Gasteiger partial charge in [0.2, 0.25) is 5.75 Å². The molecule has 2 aromatic rings. The number of ether oxygens (including phenoxy) is 3. The van der Waals surface area contributed by atoms with Gasteiger partial charge in [-0.25, -0.2) is 0 Å². The molecule has 0 aliphatic carbocycles. The molecule has 20 heavy (non-hydrogen) atoms. The molecule has 0 unspecified atom stereocenters. The summed E-state index contributed by atoms with van der Waals surface area (Å²) < 4.78 is 15.9. The summed E-state index contributed by atoms with van der Waals surface area (Å²) in [5, 5.41) is 0. The Morgan fingerprint density at radius 1 is 1.00 bits per heavy atom. The van der Waals surface area contributed by atoms with E-state index in [1.54, 1.807) is 28.3 Å². The van der Waals surface area contributed by atoms with E-state index in [2.05, 4.69) is 0 Å². The van der Waals surface area contributed by atoms with Crippen LogP contribution in [0.15, 0.2) is 24.3 Å². The highest BCUT2D eigenvalue weighted by atomic mass is 32.1. The van der Waals surface area contributed by atoms with Gasteiger partial charge in [-0.3, -0.25) is 4.79 Å². The van der Waals surface area contributed by atoms with Crippen molar-refractivity contribution in [2.45, 2.75) is 6.92 Å². The molecular formula is C15H16O4S. The second-order valence-corrected chi connectivity index (χ2v) is 5.22. The lowest BCUT2D eigenvalue weighted by atomic mass is 10.1. The monoisotopic (exact) mass is 292 g/mol. The van der Waals surface area contributed by atoms with Crippen molar-refractivity contribution in [3.05, 3.63) is 29.1 Å². The van der Waals surface area contributed by atoms with Crippen molar-refractivity contribution in [1.29, 1.82) is 0 Å². The maximum absolute atomic E-state index is 11.4. The zero-order valence-corrected chi connectivity index (χ0v) is 12.7. The van der Waals surface area contributed by atoms with E-state index in [1.807, 2.05) is 24.3 Å². The molecule has 0 N–H and O–H groups in total.